The molecule has 32 heavy (non-hydrogen) atoms. The van der Waals surface area contributed by atoms with E-state index in [2.05, 4.69) is 95.5 Å². The third kappa shape index (κ3) is 10.0. The first-order valence-corrected chi connectivity index (χ1v) is 15.6. The van der Waals surface area contributed by atoms with E-state index < -0.39 is 0 Å². The summed E-state index contributed by atoms with van der Waals surface area (Å²) in [5.41, 5.74) is 0. The van der Waals surface area contributed by atoms with Gasteiger partial charge < -0.3 is 9.80 Å². The van der Waals surface area contributed by atoms with E-state index in [1.54, 1.807) is 0 Å². The van der Waals surface area contributed by atoms with Crippen molar-refractivity contribution in [3.63, 3.8) is 0 Å². The summed E-state index contributed by atoms with van der Waals surface area (Å²) in [6, 6.07) is 0. The molecule has 1 saturated carbocycles. The standard InChI is InChI=1S/C10H14.C8H14N2.C6H12N3P.ClH.Ru/c1-8(2)10-6-4-9(3)5-7-10;1-3-4-5-10-7-6-9(2)8-10;1-7-2-9-3-8(1)5-10(4-7)6-9;;/h4-8H,1-3H3;6-7H,3-5H2,1-2H3;1-6H2;1H;/q;;;;+2/p-1. The minimum atomic E-state index is 0.366. The summed E-state index contributed by atoms with van der Waals surface area (Å²) in [7, 11) is 6.92. The monoisotopic (exact) mass is 566 g/mol. The Labute approximate surface area is 214 Å². The first kappa shape index (κ1) is 28.8. The Bertz CT molecular complexity index is 474. The third-order valence-electron chi connectivity index (χ3n) is 5.65. The molecule has 180 valence electrons. The first-order chi connectivity index (χ1) is 15.4. The molecule has 8 radical (unpaired) electrons. The van der Waals surface area contributed by atoms with Gasteiger partial charge in [0.05, 0.1) is 20.0 Å². The van der Waals surface area contributed by atoms with Crippen LogP contribution in [0.3, 0.4) is 0 Å². The molecule has 5 aliphatic heterocycles. The van der Waals surface area contributed by atoms with Gasteiger partial charge in [0.1, 0.15) is 0 Å². The Balaban J connectivity index is 0.000000164. The predicted octanol–water partition coefficient (Wildman–Crippen LogP) is 4.99. The number of hydrogen-bond donors (Lipinski definition) is 0. The summed E-state index contributed by atoms with van der Waals surface area (Å²) in [6.07, 6.45) is 19.5. The molecule has 0 amide bonds. The van der Waals surface area contributed by atoms with Gasteiger partial charge in [0.15, 0.2) is 0 Å². The van der Waals surface area contributed by atoms with Crippen molar-refractivity contribution < 1.29 is 17.3 Å². The van der Waals surface area contributed by atoms with Gasteiger partial charge in [0, 0.05) is 44.8 Å². The second kappa shape index (κ2) is 15.5. The molecule has 0 unspecified atom stereocenters. The van der Waals surface area contributed by atoms with Gasteiger partial charge in [-0.1, -0.05) is 42.0 Å². The second-order valence-corrected chi connectivity index (χ2v) is 11.3. The first-order valence-electron chi connectivity index (χ1n) is 11.5. The average Bonchev–Trinajstić information content (AvgIpc) is 3.19. The van der Waals surface area contributed by atoms with E-state index in [0.29, 0.717) is 13.8 Å². The second-order valence-electron chi connectivity index (χ2n) is 9.15. The van der Waals surface area contributed by atoms with Gasteiger partial charge >= 0.3 is 27.0 Å². The van der Waals surface area contributed by atoms with Gasteiger partial charge in [0.25, 0.3) is 0 Å². The number of hydrogen-bond acceptors (Lipinski definition) is 5. The van der Waals surface area contributed by atoms with Crippen LogP contribution in [0.5, 0.6) is 0 Å². The van der Waals surface area contributed by atoms with Crippen molar-refractivity contribution in [3.8, 4) is 0 Å². The van der Waals surface area contributed by atoms with E-state index in [4.69, 9.17) is 0 Å². The van der Waals surface area contributed by atoms with Crippen LogP contribution in [0, 0.1) is 50.1 Å². The third-order valence-corrected chi connectivity index (χ3v) is 8.05. The number of nitrogens with zero attached hydrogens (tertiary/aromatic N) is 5. The molecule has 6 rings (SSSR count). The van der Waals surface area contributed by atoms with E-state index in [-0.39, 0.29) is 0 Å². The van der Waals surface area contributed by atoms with Crippen molar-refractivity contribution in [1.29, 1.82) is 0 Å². The van der Waals surface area contributed by atoms with Crippen LogP contribution in [0.2, 0.25) is 0 Å². The quantitative estimate of drug-likeness (QED) is 0.352. The van der Waals surface area contributed by atoms with Crippen molar-refractivity contribution in [2.75, 3.05) is 52.5 Å². The fraction of sp³-hybridized carbons (Fsp3) is 0.625. The normalized spacial score (nSPS) is 31.0. The molecule has 8 heteroatoms. The Morgan fingerprint density at radius 3 is 1.88 bits per heavy atom. The molecule has 5 heterocycles. The zero-order valence-corrected chi connectivity index (χ0v) is 23.7. The van der Waals surface area contributed by atoms with Crippen LogP contribution >= 0.6 is 17.6 Å². The zero-order chi connectivity index (χ0) is 23.5. The van der Waals surface area contributed by atoms with E-state index in [1.807, 2.05) is 35.5 Å². The van der Waals surface area contributed by atoms with E-state index in [0.717, 1.165) is 6.54 Å². The number of halogens is 1. The van der Waals surface area contributed by atoms with Crippen molar-refractivity contribution in [2.45, 2.75) is 40.5 Å². The number of rotatable bonds is 4. The molecule has 0 aromatic heterocycles. The van der Waals surface area contributed by atoms with E-state index in [9.17, 15) is 0 Å². The molecule has 0 aromatic carbocycles. The Kier molecular flexibility index (Phi) is 14.0. The van der Waals surface area contributed by atoms with Crippen LogP contribution in [0.1, 0.15) is 40.5 Å². The Morgan fingerprint density at radius 1 is 0.969 bits per heavy atom. The summed E-state index contributed by atoms with van der Waals surface area (Å²) in [4.78, 5) is 11.7. The van der Waals surface area contributed by atoms with Crippen LogP contribution in [0.25, 0.3) is 0 Å². The van der Waals surface area contributed by atoms with Crippen molar-refractivity contribution in [2.24, 2.45) is 5.92 Å². The molecular formula is C24H40ClN5PRu+. The van der Waals surface area contributed by atoms with Gasteiger partial charge in [-0.05, 0) is 49.9 Å². The Hall–Kier alpha value is 0.563. The van der Waals surface area contributed by atoms with Crippen LogP contribution in [0.15, 0.2) is 12.4 Å². The molecule has 6 aliphatic rings. The predicted molar refractivity (Wildman–Crippen MR) is 133 cm³/mol. The molecule has 5 nitrogen and oxygen atoms in total. The number of unbranched alkanes of at least 4 members (excludes halogenated alkanes) is 1. The SMILES string of the molecule is C1N2CN3CN1CP(C2)C3.CCCCN1[C]N(C)C=C1.C[C]1[CH][CH][C](C(C)C)[CH][CH]1.[Cl][Ru+]. The summed E-state index contributed by atoms with van der Waals surface area (Å²) >= 11 is 1.82. The van der Waals surface area contributed by atoms with Crippen LogP contribution in [0.4, 0.5) is 0 Å². The molecule has 0 N–H and O–H groups in total. The van der Waals surface area contributed by atoms with Crippen molar-refractivity contribution >= 4 is 17.6 Å². The van der Waals surface area contributed by atoms with Crippen LogP contribution in [-0.4, -0.2) is 77.0 Å². The fourth-order valence-corrected chi connectivity index (χ4v) is 6.59. The summed E-state index contributed by atoms with van der Waals surface area (Å²) < 4.78 is 0. The molecule has 5 fully saturated rings. The summed E-state index contributed by atoms with van der Waals surface area (Å²) in [6.45, 7) is 16.7. The van der Waals surface area contributed by atoms with Gasteiger partial charge in [-0.2, -0.15) is 0 Å². The maximum absolute atomic E-state index is 4.57. The van der Waals surface area contributed by atoms with Crippen molar-refractivity contribution in [3.05, 3.63) is 56.6 Å². The maximum atomic E-state index is 4.57. The Morgan fingerprint density at radius 2 is 1.50 bits per heavy atom. The molecule has 4 saturated heterocycles. The molecule has 0 spiro atoms. The van der Waals surface area contributed by atoms with E-state index in [1.165, 1.54) is 63.5 Å². The minimum absolute atomic E-state index is 0.366. The molecule has 0 atom stereocenters. The van der Waals surface area contributed by atoms with Gasteiger partial charge in [0.2, 0.25) is 6.67 Å². The van der Waals surface area contributed by atoms with Gasteiger partial charge in [-0.3, -0.25) is 14.7 Å². The molecule has 4 bridgehead atoms. The summed E-state index contributed by atoms with van der Waals surface area (Å²) in [5.74, 6) is 3.41. The molecule has 0 aromatic rings. The van der Waals surface area contributed by atoms with E-state index >= 15 is 0 Å². The topological polar surface area (TPSA) is 16.2 Å². The van der Waals surface area contributed by atoms with Crippen LogP contribution < -0.4 is 0 Å². The fourth-order valence-electron chi connectivity index (χ4n) is 4.09. The van der Waals surface area contributed by atoms with Crippen molar-refractivity contribution in [1.82, 2.24) is 24.5 Å². The van der Waals surface area contributed by atoms with Gasteiger partial charge in [-0.15, -0.1) is 0 Å². The van der Waals surface area contributed by atoms with Gasteiger partial charge in [-0.25, -0.2) is 0 Å². The molecular weight excluding hydrogens is 526 g/mol. The summed E-state index contributed by atoms with van der Waals surface area (Å²) in [5, 5.41) is 0. The zero-order valence-electron chi connectivity index (χ0n) is 20.3. The van der Waals surface area contributed by atoms with Crippen LogP contribution in [-0.2, 0) is 17.3 Å². The average molecular weight is 566 g/mol. The molecule has 1 aliphatic carbocycles.